The SMILES string of the molecule is CC(C)CCCNC(=O)N1CCN(S(=O)(=O)c2cccnc2)CC1. The van der Waals surface area contributed by atoms with Crippen molar-refractivity contribution in [1.29, 1.82) is 0 Å². The Kier molecular flexibility index (Phi) is 6.56. The van der Waals surface area contributed by atoms with Gasteiger partial charge in [-0.05, 0) is 30.9 Å². The maximum absolute atomic E-state index is 12.5. The van der Waals surface area contributed by atoms with Gasteiger partial charge in [0, 0.05) is 45.1 Å². The van der Waals surface area contributed by atoms with Gasteiger partial charge in [0.1, 0.15) is 4.90 Å². The first-order valence-electron chi connectivity index (χ1n) is 8.34. The second-order valence-electron chi connectivity index (χ2n) is 6.35. The van der Waals surface area contributed by atoms with Crippen molar-refractivity contribution in [3.63, 3.8) is 0 Å². The van der Waals surface area contributed by atoms with Gasteiger partial charge in [-0.3, -0.25) is 4.98 Å². The van der Waals surface area contributed by atoms with Crippen molar-refractivity contribution in [2.24, 2.45) is 5.92 Å². The summed E-state index contributed by atoms with van der Waals surface area (Å²) in [6.45, 7) is 6.37. The molecule has 0 radical (unpaired) electrons. The normalized spacial score (nSPS) is 16.4. The maximum atomic E-state index is 12.5. The van der Waals surface area contributed by atoms with Crippen LogP contribution in [-0.2, 0) is 10.0 Å². The fourth-order valence-corrected chi connectivity index (χ4v) is 3.98. The zero-order valence-corrected chi connectivity index (χ0v) is 15.1. The quantitative estimate of drug-likeness (QED) is 0.786. The van der Waals surface area contributed by atoms with Crippen LogP contribution in [-0.4, -0.2) is 61.4 Å². The minimum absolute atomic E-state index is 0.114. The smallest absolute Gasteiger partial charge is 0.317 e. The van der Waals surface area contributed by atoms with Crippen molar-refractivity contribution in [2.75, 3.05) is 32.7 Å². The van der Waals surface area contributed by atoms with Crippen LogP contribution in [0.2, 0.25) is 0 Å². The molecule has 0 unspecified atom stereocenters. The summed E-state index contributed by atoms with van der Waals surface area (Å²) in [5.74, 6) is 0.628. The topological polar surface area (TPSA) is 82.6 Å². The highest BCUT2D eigenvalue weighted by atomic mass is 32.2. The number of rotatable bonds is 6. The number of piperazine rings is 1. The summed E-state index contributed by atoms with van der Waals surface area (Å²) in [5, 5.41) is 2.90. The highest BCUT2D eigenvalue weighted by Gasteiger charge is 2.30. The minimum atomic E-state index is -3.53. The number of nitrogens with zero attached hydrogens (tertiary/aromatic N) is 3. The first-order chi connectivity index (χ1) is 11.4. The van der Waals surface area contributed by atoms with E-state index in [2.05, 4.69) is 24.1 Å². The number of sulfonamides is 1. The fraction of sp³-hybridized carbons (Fsp3) is 0.625. The summed E-state index contributed by atoms with van der Waals surface area (Å²) in [6, 6.07) is 3.03. The van der Waals surface area contributed by atoms with Gasteiger partial charge >= 0.3 is 6.03 Å². The highest BCUT2D eigenvalue weighted by molar-refractivity contribution is 7.89. The van der Waals surface area contributed by atoms with Gasteiger partial charge in [0.05, 0.1) is 0 Å². The molecule has 1 saturated heterocycles. The van der Waals surface area contributed by atoms with Gasteiger partial charge in [-0.1, -0.05) is 13.8 Å². The molecule has 24 heavy (non-hydrogen) atoms. The summed E-state index contributed by atoms with van der Waals surface area (Å²) in [4.78, 5) is 17.8. The molecular formula is C16H26N4O3S. The third-order valence-electron chi connectivity index (χ3n) is 4.03. The summed E-state index contributed by atoms with van der Waals surface area (Å²) in [7, 11) is -3.53. The fourth-order valence-electron chi connectivity index (χ4n) is 2.60. The molecule has 0 aliphatic carbocycles. The Labute approximate surface area is 144 Å². The van der Waals surface area contributed by atoms with Crippen molar-refractivity contribution >= 4 is 16.1 Å². The number of pyridine rings is 1. The summed E-state index contributed by atoms with van der Waals surface area (Å²) in [5.41, 5.74) is 0. The summed E-state index contributed by atoms with van der Waals surface area (Å²) >= 11 is 0. The van der Waals surface area contributed by atoms with Crippen molar-refractivity contribution in [1.82, 2.24) is 19.5 Å². The number of amides is 2. The summed E-state index contributed by atoms with van der Waals surface area (Å²) in [6.07, 6.45) is 4.93. The predicted octanol–water partition coefficient (Wildman–Crippen LogP) is 1.53. The van der Waals surface area contributed by atoms with Crippen molar-refractivity contribution in [2.45, 2.75) is 31.6 Å². The Bertz CT molecular complexity index is 626. The number of hydrogen-bond acceptors (Lipinski definition) is 4. The average molecular weight is 354 g/mol. The molecule has 1 fully saturated rings. The molecule has 2 amide bonds. The van der Waals surface area contributed by atoms with E-state index in [4.69, 9.17) is 0 Å². The predicted molar refractivity (Wildman–Crippen MR) is 92.0 cm³/mol. The molecule has 134 valence electrons. The van der Waals surface area contributed by atoms with Gasteiger partial charge in [0.2, 0.25) is 10.0 Å². The second kappa shape index (κ2) is 8.43. The molecular weight excluding hydrogens is 328 g/mol. The van der Waals surface area contributed by atoms with Crippen LogP contribution in [0.1, 0.15) is 26.7 Å². The molecule has 0 saturated carbocycles. The lowest BCUT2D eigenvalue weighted by Gasteiger charge is -2.33. The van der Waals surface area contributed by atoms with E-state index in [1.807, 2.05) is 0 Å². The molecule has 8 heteroatoms. The van der Waals surface area contributed by atoms with Crippen LogP contribution in [0.4, 0.5) is 4.79 Å². The van der Waals surface area contributed by atoms with E-state index in [-0.39, 0.29) is 10.9 Å². The molecule has 7 nitrogen and oxygen atoms in total. The van der Waals surface area contributed by atoms with Crippen LogP contribution in [0.3, 0.4) is 0 Å². The molecule has 1 aromatic heterocycles. The molecule has 0 spiro atoms. The molecule has 2 heterocycles. The molecule has 0 aromatic carbocycles. The Balaban J connectivity index is 1.82. The summed E-state index contributed by atoms with van der Waals surface area (Å²) < 4.78 is 26.4. The van der Waals surface area contributed by atoms with Crippen LogP contribution in [0.5, 0.6) is 0 Å². The number of urea groups is 1. The van der Waals surface area contributed by atoms with E-state index in [1.165, 1.54) is 16.6 Å². The molecule has 2 rings (SSSR count). The second-order valence-corrected chi connectivity index (χ2v) is 8.29. The largest absolute Gasteiger partial charge is 0.338 e. The zero-order valence-electron chi connectivity index (χ0n) is 14.3. The lowest BCUT2D eigenvalue weighted by molar-refractivity contribution is 0.172. The van der Waals surface area contributed by atoms with Gasteiger partial charge < -0.3 is 10.2 Å². The minimum Gasteiger partial charge on any atom is -0.338 e. The molecule has 0 bridgehead atoms. The van der Waals surface area contributed by atoms with Crippen molar-refractivity contribution in [3.05, 3.63) is 24.5 Å². The van der Waals surface area contributed by atoms with Crippen LogP contribution in [0.15, 0.2) is 29.4 Å². The van der Waals surface area contributed by atoms with Crippen molar-refractivity contribution < 1.29 is 13.2 Å². The number of nitrogens with one attached hydrogen (secondary N) is 1. The Morgan fingerprint density at radius 2 is 2.00 bits per heavy atom. The Hall–Kier alpha value is -1.67. The third kappa shape index (κ3) is 4.91. The van der Waals surface area contributed by atoms with E-state index in [9.17, 15) is 13.2 Å². The van der Waals surface area contributed by atoms with Crippen LogP contribution in [0, 0.1) is 5.92 Å². The van der Waals surface area contributed by atoms with Gasteiger partial charge in [0.15, 0.2) is 0 Å². The molecule has 1 aliphatic heterocycles. The standard InChI is InChI=1S/C16H26N4O3S/c1-14(2)5-3-8-18-16(21)19-9-11-20(12-10-19)24(22,23)15-6-4-7-17-13-15/h4,6-7,13-14H,3,5,8-12H2,1-2H3,(H,18,21). The number of hydrogen-bond donors (Lipinski definition) is 1. The number of aromatic nitrogens is 1. The van der Waals surface area contributed by atoms with E-state index < -0.39 is 10.0 Å². The first kappa shape index (κ1) is 18.7. The maximum Gasteiger partial charge on any atom is 0.317 e. The molecule has 1 N–H and O–H groups in total. The van der Waals surface area contributed by atoms with Crippen molar-refractivity contribution in [3.8, 4) is 0 Å². The van der Waals surface area contributed by atoms with Gasteiger partial charge in [-0.2, -0.15) is 4.31 Å². The Morgan fingerprint density at radius 3 is 2.58 bits per heavy atom. The first-order valence-corrected chi connectivity index (χ1v) is 9.78. The van der Waals surface area contributed by atoms with Crippen LogP contribution in [0.25, 0.3) is 0 Å². The van der Waals surface area contributed by atoms with Crippen LogP contribution >= 0.6 is 0 Å². The van der Waals surface area contributed by atoms with Gasteiger partial charge in [-0.15, -0.1) is 0 Å². The average Bonchev–Trinajstić information content (AvgIpc) is 2.59. The van der Waals surface area contributed by atoms with Gasteiger partial charge in [-0.25, -0.2) is 13.2 Å². The molecule has 1 aliphatic rings. The lowest BCUT2D eigenvalue weighted by atomic mass is 10.1. The monoisotopic (exact) mass is 354 g/mol. The zero-order chi connectivity index (χ0) is 17.6. The third-order valence-corrected chi connectivity index (χ3v) is 5.91. The van der Waals surface area contributed by atoms with Gasteiger partial charge in [0.25, 0.3) is 0 Å². The molecule has 1 aromatic rings. The van der Waals surface area contributed by atoms with E-state index in [0.717, 1.165) is 12.8 Å². The van der Waals surface area contributed by atoms with E-state index in [0.29, 0.717) is 38.6 Å². The Morgan fingerprint density at radius 1 is 1.29 bits per heavy atom. The van der Waals surface area contributed by atoms with E-state index >= 15 is 0 Å². The van der Waals surface area contributed by atoms with Crippen LogP contribution < -0.4 is 5.32 Å². The number of carbonyl (C=O) groups excluding carboxylic acids is 1. The molecule has 0 atom stereocenters. The number of carbonyl (C=O) groups is 1. The van der Waals surface area contributed by atoms with E-state index in [1.54, 1.807) is 17.2 Å². The lowest BCUT2D eigenvalue weighted by Crippen LogP contribution is -2.53. The highest BCUT2D eigenvalue weighted by Crippen LogP contribution is 2.16.